The molecule has 0 saturated carbocycles. The second kappa shape index (κ2) is 7.57. The van der Waals surface area contributed by atoms with Crippen molar-refractivity contribution in [1.29, 1.82) is 0 Å². The molecule has 0 aromatic rings. The molecular formula is C11H22N4O4. The van der Waals surface area contributed by atoms with Crippen LogP contribution in [0.5, 0.6) is 0 Å². The number of nitrogens with two attached hydrogens (primary N) is 2. The zero-order valence-corrected chi connectivity index (χ0v) is 11.5. The van der Waals surface area contributed by atoms with Gasteiger partial charge in [-0.15, -0.1) is 0 Å². The number of hydrogen-bond acceptors (Lipinski definition) is 5. The summed E-state index contributed by atoms with van der Waals surface area (Å²) >= 11 is 0. The highest BCUT2D eigenvalue weighted by Gasteiger charge is 2.28. The molecule has 110 valence electrons. The maximum Gasteiger partial charge on any atom is 0.406 e. The van der Waals surface area contributed by atoms with E-state index in [4.69, 9.17) is 11.5 Å². The fraction of sp³-hybridized carbons (Fsp3) is 0.727. The van der Waals surface area contributed by atoms with Crippen LogP contribution < -0.4 is 22.1 Å². The van der Waals surface area contributed by atoms with Crippen molar-refractivity contribution in [3.8, 4) is 0 Å². The zero-order valence-electron chi connectivity index (χ0n) is 11.5. The lowest BCUT2D eigenvalue weighted by Gasteiger charge is -2.24. The third-order valence-corrected chi connectivity index (χ3v) is 2.54. The second-order valence-corrected chi connectivity index (χ2v) is 4.65. The van der Waals surface area contributed by atoms with Gasteiger partial charge >= 0.3 is 6.09 Å². The number of amides is 3. The first-order chi connectivity index (χ1) is 8.70. The second-order valence-electron chi connectivity index (χ2n) is 4.65. The van der Waals surface area contributed by atoms with Crippen LogP contribution in [0.4, 0.5) is 4.79 Å². The standard InChI is InChI=1S/C11H22N4O4/c1-11(2,9(13)17)15-8(16)7(12)5-4-6-14-10(18)19-3/h7H,4-6,12H2,1-3H3,(H2,13,17)(H,14,18)(H,15,16)/t7-/m1/s1. The van der Waals surface area contributed by atoms with Gasteiger partial charge in [-0.2, -0.15) is 0 Å². The molecule has 0 aliphatic rings. The minimum absolute atomic E-state index is 0.354. The molecular weight excluding hydrogens is 252 g/mol. The third kappa shape index (κ3) is 6.61. The van der Waals surface area contributed by atoms with Crippen molar-refractivity contribution in [2.45, 2.75) is 38.3 Å². The van der Waals surface area contributed by atoms with Gasteiger partial charge in [0.15, 0.2) is 0 Å². The van der Waals surface area contributed by atoms with Crippen molar-refractivity contribution < 1.29 is 19.1 Å². The highest BCUT2D eigenvalue weighted by molar-refractivity contribution is 5.91. The van der Waals surface area contributed by atoms with Crippen molar-refractivity contribution in [1.82, 2.24) is 10.6 Å². The van der Waals surface area contributed by atoms with E-state index in [-0.39, 0.29) is 0 Å². The number of primary amides is 1. The predicted octanol–water partition coefficient (Wildman–Crippen LogP) is -1.17. The van der Waals surface area contributed by atoms with Crippen molar-refractivity contribution in [2.24, 2.45) is 11.5 Å². The molecule has 6 N–H and O–H groups in total. The molecule has 0 spiro atoms. The normalized spacial score (nSPS) is 12.4. The van der Waals surface area contributed by atoms with Crippen molar-refractivity contribution in [3.05, 3.63) is 0 Å². The van der Waals surface area contributed by atoms with Gasteiger partial charge in [0.05, 0.1) is 13.2 Å². The Balaban J connectivity index is 4.01. The van der Waals surface area contributed by atoms with E-state index in [1.54, 1.807) is 0 Å². The lowest BCUT2D eigenvalue weighted by atomic mass is 10.0. The predicted molar refractivity (Wildman–Crippen MR) is 69.0 cm³/mol. The highest BCUT2D eigenvalue weighted by atomic mass is 16.5. The minimum atomic E-state index is -1.14. The van der Waals surface area contributed by atoms with E-state index >= 15 is 0 Å². The number of rotatable bonds is 7. The number of carbonyl (C=O) groups is 3. The van der Waals surface area contributed by atoms with Crippen LogP contribution in [0.15, 0.2) is 0 Å². The molecule has 19 heavy (non-hydrogen) atoms. The lowest BCUT2D eigenvalue weighted by molar-refractivity contribution is -0.131. The minimum Gasteiger partial charge on any atom is -0.453 e. The summed E-state index contributed by atoms with van der Waals surface area (Å²) in [5.41, 5.74) is 9.66. The summed E-state index contributed by atoms with van der Waals surface area (Å²) < 4.78 is 4.38. The lowest BCUT2D eigenvalue weighted by Crippen LogP contribution is -2.56. The van der Waals surface area contributed by atoms with E-state index in [9.17, 15) is 14.4 Å². The molecule has 8 nitrogen and oxygen atoms in total. The average Bonchev–Trinajstić information content (AvgIpc) is 2.33. The molecule has 0 saturated heterocycles. The van der Waals surface area contributed by atoms with Gasteiger partial charge < -0.3 is 26.8 Å². The van der Waals surface area contributed by atoms with Crippen molar-refractivity contribution in [3.63, 3.8) is 0 Å². The van der Waals surface area contributed by atoms with Crippen LogP contribution in [-0.4, -0.2) is 43.1 Å². The summed E-state index contributed by atoms with van der Waals surface area (Å²) in [6, 6.07) is -0.766. The van der Waals surface area contributed by atoms with Crippen LogP contribution in [0.2, 0.25) is 0 Å². The SMILES string of the molecule is COC(=O)NCCC[C@@H](N)C(=O)NC(C)(C)C(N)=O. The van der Waals surface area contributed by atoms with Gasteiger partial charge in [0.1, 0.15) is 5.54 Å². The molecule has 8 heteroatoms. The summed E-state index contributed by atoms with van der Waals surface area (Å²) in [4.78, 5) is 33.5. The Bertz CT molecular complexity index is 344. The summed E-state index contributed by atoms with van der Waals surface area (Å²) in [7, 11) is 1.26. The third-order valence-electron chi connectivity index (χ3n) is 2.54. The van der Waals surface area contributed by atoms with E-state index < -0.39 is 29.5 Å². The van der Waals surface area contributed by atoms with E-state index in [0.29, 0.717) is 19.4 Å². The molecule has 0 heterocycles. The molecule has 1 atom stereocenters. The van der Waals surface area contributed by atoms with Crippen LogP contribution >= 0.6 is 0 Å². The van der Waals surface area contributed by atoms with Gasteiger partial charge in [-0.1, -0.05) is 0 Å². The molecule has 0 unspecified atom stereocenters. The fourth-order valence-corrected chi connectivity index (χ4v) is 1.18. The Morgan fingerprint density at radius 3 is 2.37 bits per heavy atom. The number of methoxy groups -OCH3 is 1. The first-order valence-corrected chi connectivity index (χ1v) is 5.90. The van der Waals surface area contributed by atoms with E-state index in [2.05, 4.69) is 15.4 Å². The molecule has 0 aliphatic heterocycles. The van der Waals surface area contributed by atoms with Crippen LogP contribution in [0.1, 0.15) is 26.7 Å². The quantitative estimate of drug-likeness (QED) is 0.434. The van der Waals surface area contributed by atoms with Crippen molar-refractivity contribution >= 4 is 17.9 Å². The van der Waals surface area contributed by atoms with E-state index in [0.717, 1.165) is 0 Å². The number of alkyl carbamates (subject to hydrolysis) is 1. The Morgan fingerprint density at radius 2 is 1.89 bits per heavy atom. The molecule has 0 aromatic carbocycles. The first kappa shape index (κ1) is 17.2. The summed E-state index contributed by atoms with van der Waals surface area (Å²) in [5.74, 6) is -1.10. The molecule has 0 radical (unpaired) electrons. The Hall–Kier alpha value is -1.83. The van der Waals surface area contributed by atoms with E-state index in [1.807, 2.05) is 0 Å². The van der Waals surface area contributed by atoms with Gasteiger partial charge in [0.2, 0.25) is 11.8 Å². The van der Waals surface area contributed by atoms with Gasteiger partial charge in [0, 0.05) is 6.54 Å². The van der Waals surface area contributed by atoms with Gasteiger partial charge in [-0.25, -0.2) is 4.79 Å². The van der Waals surface area contributed by atoms with E-state index in [1.165, 1.54) is 21.0 Å². The largest absolute Gasteiger partial charge is 0.453 e. The number of nitrogens with one attached hydrogen (secondary N) is 2. The van der Waals surface area contributed by atoms with Crippen LogP contribution in [0.25, 0.3) is 0 Å². The topological polar surface area (TPSA) is 137 Å². The zero-order chi connectivity index (χ0) is 15.1. The average molecular weight is 274 g/mol. The Labute approximate surface area is 112 Å². The van der Waals surface area contributed by atoms with Crippen LogP contribution in [0.3, 0.4) is 0 Å². The molecule has 0 aliphatic carbocycles. The molecule has 0 rings (SSSR count). The number of ether oxygens (including phenoxy) is 1. The molecule has 3 amide bonds. The highest BCUT2D eigenvalue weighted by Crippen LogP contribution is 2.02. The molecule has 0 aromatic heterocycles. The first-order valence-electron chi connectivity index (χ1n) is 5.90. The smallest absolute Gasteiger partial charge is 0.406 e. The molecule has 0 fully saturated rings. The van der Waals surface area contributed by atoms with Crippen molar-refractivity contribution in [2.75, 3.05) is 13.7 Å². The monoisotopic (exact) mass is 274 g/mol. The van der Waals surface area contributed by atoms with Crippen LogP contribution in [0, 0.1) is 0 Å². The van der Waals surface area contributed by atoms with Gasteiger partial charge in [0.25, 0.3) is 0 Å². The maximum atomic E-state index is 11.7. The maximum absolute atomic E-state index is 11.7. The Kier molecular flexibility index (Phi) is 6.84. The summed E-state index contributed by atoms with van der Waals surface area (Å²) in [5, 5.41) is 4.94. The Morgan fingerprint density at radius 1 is 1.32 bits per heavy atom. The summed E-state index contributed by atoms with van der Waals surface area (Å²) in [6.45, 7) is 3.35. The van der Waals surface area contributed by atoms with Gasteiger partial charge in [-0.3, -0.25) is 9.59 Å². The number of carbonyl (C=O) groups excluding carboxylic acids is 3. The van der Waals surface area contributed by atoms with Gasteiger partial charge in [-0.05, 0) is 26.7 Å². The fourth-order valence-electron chi connectivity index (χ4n) is 1.18. The summed E-state index contributed by atoms with van der Waals surface area (Å²) in [6.07, 6.45) is 0.346. The van der Waals surface area contributed by atoms with Crippen LogP contribution in [-0.2, 0) is 14.3 Å². The molecule has 0 bridgehead atoms. The number of hydrogen-bond donors (Lipinski definition) is 4.